The maximum absolute atomic E-state index is 12.8. The molecule has 0 aromatic heterocycles. The molecule has 21 heavy (non-hydrogen) atoms. The highest BCUT2D eigenvalue weighted by molar-refractivity contribution is 6.09. The molecule has 2 unspecified atom stereocenters. The van der Waals surface area contributed by atoms with Crippen LogP contribution in [0.4, 0.5) is 0 Å². The summed E-state index contributed by atoms with van der Waals surface area (Å²) in [6, 6.07) is 5.46. The van der Waals surface area contributed by atoms with Gasteiger partial charge in [0.05, 0.1) is 5.56 Å². The lowest BCUT2D eigenvalue weighted by atomic mass is 9.84. The molecular formula is C17H24N2O2. The van der Waals surface area contributed by atoms with Crippen molar-refractivity contribution in [3.05, 3.63) is 34.9 Å². The molecule has 4 nitrogen and oxygen atoms in total. The van der Waals surface area contributed by atoms with Crippen LogP contribution in [0.1, 0.15) is 65.3 Å². The van der Waals surface area contributed by atoms with E-state index in [9.17, 15) is 9.59 Å². The highest BCUT2D eigenvalue weighted by atomic mass is 16.1. The molecule has 1 saturated heterocycles. The zero-order chi connectivity index (χ0) is 15.4. The van der Waals surface area contributed by atoms with Gasteiger partial charge in [0, 0.05) is 18.0 Å². The summed E-state index contributed by atoms with van der Waals surface area (Å²) in [7, 11) is 0. The van der Waals surface area contributed by atoms with Crippen molar-refractivity contribution in [3.8, 4) is 0 Å². The highest BCUT2D eigenvalue weighted by Gasteiger charge is 2.28. The van der Waals surface area contributed by atoms with E-state index >= 15 is 0 Å². The number of carbonyl (C=O) groups excluding carboxylic acids is 2. The van der Waals surface area contributed by atoms with Crippen LogP contribution in [-0.2, 0) is 0 Å². The van der Waals surface area contributed by atoms with Crippen molar-refractivity contribution in [2.24, 2.45) is 11.7 Å². The SMILES string of the molecule is CCCC(C)C(=O)c1c(C(N)=O)cccc1C1CCNC1. The number of ketones is 1. The molecule has 1 aliphatic heterocycles. The Morgan fingerprint density at radius 2 is 2.19 bits per heavy atom. The molecule has 114 valence electrons. The minimum Gasteiger partial charge on any atom is -0.366 e. The van der Waals surface area contributed by atoms with Crippen molar-refractivity contribution in [1.29, 1.82) is 0 Å². The molecule has 2 atom stereocenters. The van der Waals surface area contributed by atoms with Crippen molar-refractivity contribution in [1.82, 2.24) is 5.32 Å². The van der Waals surface area contributed by atoms with E-state index < -0.39 is 5.91 Å². The second-order valence-electron chi connectivity index (χ2n) is 5.88. The molecular weight excluding hydrogens is 264 g/mol. The molecule has 0 saturated carbocycles. The first-order valence-electron chi connectivity index (χ1n) is 7.73. The number of amides is 1. The Morgan fingerprint density at radius 1 is 1.43 bits per heavy atom. The molecule has 3 N–H and O–H groups in total. The van der Waals surface area contributed by atoms with Gasteiger partial charge in [-0.1, -0.05) is 32.4 Å². The van der Waals surface area contributed by atoms with Crippen LogP contribution in [-0.4, -0.2) is 24.8 Å². The molecule has 2 rings (SSSR count). The standard InChI is InChI=1S/C17H24N2O2/c1-3-5-11(2)16(20)15-13(12-8-9-19-10-12)6-4-7-14(15)17(18)21/h4,6-7,11-12,19H,3,5,8-10H2,1-2H3,(H2,18,21). The fourth-order valence-electron chi connectivity index (χ4n) is 3.12. The van der Waals surface area contributed by atoms with Gasteiger partial charge < -0.3 is 11.1 Å². The van der Waals surface area contributed by atoms with Gasteiger partial charge in [0.15, 0.2) is 5.78 Å². The van der Waals surface area contributed by atoms with Crippen LogP contribution in [0.2, 0.25) is 0 Å². The number of nitrogens with one attached hydrogen (secondary N) is 1. The Kier molecular flexibility index (Phi) is 5.12. The predicted octanol–water partition coefficient (Wildman–Crippen LogP) is 2.48. The van der Waals surface area contributed by atoms with E-state index in [1.54, 1.807) is 6.07 Å². The Balaban J connectivity index is 2.48. The summed E-state index contributed by atoms with van der Waals surface area (Å²) < 4.78 is 0. The van der Waals surface area contributed by atoms with E-state index in [1.807, 2.05) is 19.1 Å². The highest BCUT2D eigenvalue weighted by Crippen LogP contribution is 2.30. The molecule has 1 aromatic rings. The lowest BCUT2D eigenvalue weighted by Gasteiger charge is -2.19. The smallest absolute Gasteiger partial charge is 0.249 e. The van der Waals surface area contributed by atoms with E-state index in [-0.39, 0.29) is 17.6 Å². The van der Waals surface area contributed by atoms with Gasteiger partial charge in [0.1, 0.15) is 0 Å². The van der Waals surface area contributed by atoms with Gasteiger partial charge in [0.25, 0.3) is 0 Å². The fraction of sp³-hybridized carbons (Fsp3) is 0.529. The van der Waals surface area contributed by atoms with E-state index in [2.05, 4.69) is 12.2 Å². The van der Waals surface area contributed by atoms with Crippen molar-refractivity contribution in [3.63, 3.8) is 0 Å². The third-order valence-corrected chi connectivity index (χ3v) is 4.28. The molecule has 0 spiro atoms. The lowest BCUT2D eigenvalue weighted by molar-refractivity contribution is 0.0909. The van der Waals surface area contributed by atoms with Gasteiger partial charge in [-0.3, -0.25) is 9.59 Å². The zero-order valence-electron chi connectivity index (χ0n) is 12.8. The maximum Gasteiger partial charge on any atom is 0.249 e. The number of rotatable bonds is 6. The van der Waals surface area contributed by atoms with Crippen molar-refractivity contribution in [2.45, 2.75) is 39.0 Å². The first-order chi connectivity index (χ1) is 10.1. The molecule has 4 heteroatoms. The van der Waals surface area contributed by atoms with Gasteiger partial charge in [0.2, 0.25) is 5.91 Å². The molecule has 0 bridgehead atoms. The van der Waals surface area contributed by atoms with Crippen molar-refractivity contribution in [2.75, 3.05) is 13.1 Å². The average molecular weight is 288 g/mol. The summed E-state index contributed by atoms with van der Waals surface area (Å²) in [5.41, 5.74) is 7.39. The van der Waals surface area contributed by atoms with Gasteiger partial charge in [-0.15, -0.1) is 0 Å². The molecule has 1 aromatic carbocycles. The fourth-order valence-corrected chi connectivity index (χ4v) is 3.12. The molecule has 1 heterocycles. The van der Waals surface area contributed by atoms with Crippen LogP contribution in [0.25, 0.3) is 0 Å². The van der Waals surface area contributed by atoms with Crippen molar-refractivity contribution >= 4 is 11.7 Å². The molecule has 1 fully saturated rings. The largest absolute Gasteiger partial charge is 0.366 e. The van der Waals surface area contributed by atoms with Crippen LogP contribution in [0.15, 0.2) is 18.2 Å². The Morgan fingerprint density at radius 3 is 2.76 bits per heavy atom. The second-order valence-corrected chi connectivity index (χ2v) is 5.88. The minimum atomic E-state index is -0.519. The van der Waals surface area contributed by atoms with Crippen LogP contribution < -0.4 is 11.1 Å². The quantitative estimate of drug-likeness (QED) is 0.790. The van der Waals surface area contributed by atoms with E-state index in [0.717, 1.165) is 37.9 Å². The van der Waals surface area contributed by atoms with E-state index in [4.69, 9.17) is 5.73 Å². The lowest BCUT2D eigenvalue weighted by Crippen LogP contribution is -2.23. The number of hydrogen-bond donors (Lipinski definition) is 2. The number of benzene rings is 1. The third-order valence-electron chi connectivity index (χ3n) is 4.28. The van der Waals surface area contributed by atoms with Gasteiger partial charge in [-0.05, 0) is 36.9 Å². The Bertz CT molecular complexity index is 534. The summed E-state index contributed by atoms with van der Waals surface area (Å²) in [4.78, 5) is 24.5. The number of carbonyl (C=O) groups is 2. The maximum atomic E-state index is 12.8. The van der Waals surface area contributed by atoms with Gasteiger partial charge in [-0.2, -0.15) is 0 Å². The minimum absolute atomic E-state index is 0.0492. The topological polar surface area (TPSA) is 72.2 Å². The zero-order valence-corrected chi connectivity index (χ0v) is 12.8. The summed E-state index contributed by atoms with van der Waals surface area (Å²) in [6.45, 7) is 5.79. The summed E-state index contributed by atoms with van der Waals surface area (Å²) >= 11 is 0. The van der Waals surface area contributed by atoms with E-state index in [0.29, 0.717) is 11.1 Å². The van der Waals surface area contributed by atoms with Crippen LogP contribution in [0, 0.1) is 5.92 Å². The normalized spacial score (nSPS) is 19.4. The average Bonchev–Trinajstić information content (AvgIpc) is 3.00. The number of hydrogen-bond acceptors (Lipinski definition) is 3. The monoisotopic (exact) mass is 288 g/mol. The molecule has 0 aliphatic carbocycles. The molecule has 1 aliphatic rings. The van der Waals surface area contributed by atoms with Crippen LogP contribution >= 0.6 is 0 Å². The first-order valence-corrected chi connectivity index (χ1v) is 7.73. The van der Waals surface area contributed by atoms with E-state index in [1.165, 1.54) is 0 Å². The Labute approximate surface area is 126 Å². The Hall–Kier alpha value is -1.68. The number of Topliss-reactive ketones (excluding diaryl/α,β-unsaturated/α-hetero) is 1. The number of primary amides is 1. The van der Waals surface area contributed by atoms with Gasteiger partial charge in [-0.25, -0.2) is 0 Å². The summed E-state index contributed by atoms with van der Waals surface area (Å²) in [5.74, 6) is -0.260. The van der Waals surface area contributed by atoms with Crippen molar-refractivity contribution < 1.29 is 9.59 Å². The van der Waals surface area contributed by atoms with Gasteiger partial charge >= 0.3 is 0 Å². The predicted molar refractivity (Wildman–Crippen MR) is 83.6 cm³/mol. The number of nitrogens with two attached hydrogens (primary N) is 1. The summed E-state index contributed by atoms with van der Waals surface area (Å²) in [6.07, 6.45) is 2.77. The van der Waals surface area contributed by atoms with Crippen LogP contribution in [0.3, 0.4) is 0 Å². The molecule has 0 radical (unpaired) electrons. The molecule has 1 amide bonds. The van der Waals surface area contributed by atoms with Crippen LogP contribution in [0.5, 0.6) is 0 Å². The summed E-state index contributed by atoms with van der Waals surface area (Å²) in [5, 5.41) is 3.31. The first kappa shape index (κ1) is 15.7. The second kappa shape index (κ2) is 6.85. The third kappa shape index (κ3) is 3.32.